The highest BCUT2D eigenvalue weighted by Gasteiger charge is 2.09. The predicted octanol–water partition coefficient (Wildman–Crippen LogP) is 2.92. The molecule has 0 aliphatic rings. The number of aromatic nitrogens is 1. The van der Waals surface area contributed by atoms with Gasteiger partial charge in [0.25, 0.3) is 0 Å². The van der Waals surface area contributed by atoms with Crippen LogP contribution < -0.4 is 0 Å². The summed E-state index contributed by atoms with van der Waals surface area (Å²) in [4.78, 5) is 15.2. The number of nitrogens with zero attached hydrogens (tertiary/aromatic N) is 1. The number of halogens is 2. The van der Waals surface area contributed by atoms with Crippen molar-refractivity contribution in [1.82, 2.24) is 4.98 Å². The number of pyridine rings is 1. The molecule has 0 amide bonds. The molecule has 0 bridgehead atoms. The Bertz CT molecular complexity index is 571. The van der Waals surface area contributed by atoms with Gasteiger partial charge in [-0.1, -0.05) is 6.07 Å². The van der Waals surface area contributed by atoms with E-state index in [9.17, 15) is 9.18 Å². The Hall–Kier alpha value is -1.49. The lowest BCUT2D eigenvalue weighted by atomic mass is 10.2. The topological polar surface area (TPSA) is 39.2 Å². The van der Waals surface area contributed by atoms with Crippen molar-refractivity contribution in [3.8, 4) is 0 Å². The van der Waals surface area contributed by atoms with Crippen LogP contribution >= 0.6 is 15.9 Å². The van der Waals surface area contributed by atoms with Gasteiger partial charge in [0.15, 0.2) is 0 Å². The molecule has 2 rings (SSSR count). The van der Waals surface area contributed by atoms with Crippen LogP contribution in [0, 0.1) is 5.82 Å². The largest absolute Gasteiger partial charge is 0.464 e. The number of hydrogen-bond acceptors (Lipinski definition) is 3. The van der Waals surface area contributed by atoms with Gasteiger partial charge in [0.1, 0.15) is 11.5 Å². The summed E-state index contributed by atoms with van der Waals surface area (Å²) in [6.07, 6.45) is 0. The summed E-state index contributed by atoms with van der Waals surface area (Å²) >= 11 is 3.08. The first-order valence-corrected chi connectivity index (χ1v) is 5.25. The Labute approximate surface area is 99.4 Å². The van der Waals surface area contributed by atoms with Crippen LogP contribution in [0.5, 0.6) is 0 Å². The second-order valence-corrected chi connectivity index (χ2v) is 4.00. The van der Waals surface area contributed by atoms with Crippen LogP contribution in [0.25, 0.3) is 10.9 Å². The number of methoxy groups -OCH3 is 1. The first-order valence-electron chi connectivity index (χ1n) is 4.46. The Balaban J connectivity index is 2.62. The average Bonchev–Trinajstić information content (AvgIpc) is 2.29. The molecule has 82 valence electrons. The Kier molecular flexibility index (Phi) is 2.87. The van der Waals surface area contributed by atoms with E-state index in [1.807, 2.05) is 0 Å². The van der Waals surface area contributed by atoms with Gasteiger partial charge in [-0.25, -0.2) is 14.2 Å². The van der Waals surface area contributed by atoms with E-state index in [1.54, 1.807) is 18.2 Å². The molecule has 1 heterocycles. The lowest BCUT2D eigenvalue weighted by molar-refractivity contribution is 0.0594. The molecule has 0 aliphatic carbocycles. The van der Waals surface area contributed by atoms with Crippen molar-refractivity contribution in [3.05, 3.63) is 40.2 Å². The second-order valence-electron chi connectivity index (χ2n) is 3.15. The normalized spacial score (nSPS) is 10.4. The van der Waals surface area contributed by atoms with Gasteiger partial charge in [0.05, 0.1) is 17.1 Å². The van der Waals surface area contributed by atoms with Crippen LogP contribution in [0.2, 0.25) is 0 Å². The first kappa shape index (κ1) is 11.0. The second kappa shape index (κ2) is 4.17. The van der Waals surface area contributed by atoms with Gasteiger partial charge in [-0.15, -0.1) is 0 Å². The minimum absolute atomic E-state index is 0.164. The van der Waals surface area contributed by atoms with Crippen molar-refractivity contribution >= 4 is 32.8 Å². The molecule has 0 spiro atoms. The number of benzene rings is 1. The minimum atomic E-state index is -0.537. The zero-order valence-electron chi connectivity index (χ0n) is 8.33. The number of fused-ring (bicyclic) bond motifs is 1. The Morgan fingerprint density at radius 2 is 2.19 bits per heavy atom. The number of esters is 1. The molecule has 3 nitrogen and oxygen atoms in total. The molecular formula is C11H7BrFNO2. The molecule has 2 aromatic rings. The lowest BCUT2D eigenvalue weighted by Crippen LogP contribution is -2.03. The van der Waals surface area contributed by atoms with Crippen molar-refractivity contribution < 1.29 is 13.9 Å². The molecule has 1 aromatic carbocycles. The summed E-state index contributed by atoms with van der Waals surface area (Å²) in [7, 11) is 1.27. The van der Waals surface area contributed by atoms with E-state index in [0.717, 1.165) is 5.39 Å². The molecule has 0 radical (unpaired) electrons. The van der Waals surface area contributed by atoms with Crippen molar-refractivity contribution in [2.24, 2.45) is 0 Å². The number of rotatable bonds is 1. The van der Waals surface area contributed by atoms with Gasteiger partial charge < -0.3 is 4.74 Å². The molecule has 0 unspecified atom stereocenters. The molecule has 16 heavy (non-hydrogen) atoms. The monoisotopic (exact) mass is 283 g/mol. The quantitative estimate of drug-likeness (QED) is 0.756. The van der Waals surface area contributed by atoms with E-state index in [1.165, 1.54) is 13.2 Å². The summed E-state index contributed by atoms with van der Waals surface area (Å²) < 4.78 is 18.2. The van der Waals surface area contributed by atoms with Crippen molar-refractivity contribution in [2.75, 3.05) is 7.11 Å². The fourth-order valence-electron chi connectivity index (χ4n) is 1.34. The van der Waals surface area contributed by atoms with Gasteiger partial charge in [0, 0.05) is 11.5 Å². The highest BCUT2D eigenvalue weighted by molar-refractivity contribution is 9.10. The molecule has 5 heteroatoms. The predicted molar refractivity (Wildman–Crippen MR) is 60.7 cm³/mol. The van der Waals surface area contributed by atoms with Crippen LogP contribution in [0.15, 0.2) is 28.7 Å². The maximum atomic E-state index is 13.3. The molecule has 0 saturated carbocycles. The van der Waals surface area contributed by atoms with E-state index < -0.39 is 11.8 Å². The molecule has 1 aromatic heterocycles. The third kappa shape index (κ3) is 1.90. The molecule has 0 N–H and O–H groups in total. The fraction of sp³-hybridized carbons (Fsp3) is 0.0909. The number of carbonyl (C=O) groups is 1. The maximum absolute atomic E-state index is 13.3. The SMILES string of the molecule is COC(=O)c1ccc2cc(Br)c(F)cc2n1. The highest BCUT2D eigenvalue weighted by Crippen LogP contribution is 2.22. The Morgan fingerprint density at radius 1 is 1.44 bits per heavy atom. The number of ether oxygens (including phenoxy) is 1. The van der Waals surface area contributed by atoms with Gasteiger partial charge in [-0.3, -0.25) is 0 Å². The van der Waals surface area contributed by atoms with Crippen molar-refractivity contribution in [1.29, 1.82) is 0 Å². The van der Waals surface area contributed by atoms with E-state index in [0.29, 0.717) is 9.99 Å². The van der Waals surface area contributed by atoms with Crippen LogP contribution in [0.1, 0.15) is 10.5 Å². The zero-order valence-corrected chi connectivity index (χ0v) is 9.92. The van der Waals surface area contributed by atoms with Crippen molar-refractivity contribution in [2.45, 2.75) is 0 Å². The summed E-state index contributed by atoms with van der Waals surface area (Å²) in [6, 6.07) is 6.11. The highest BCUT2D eigenvalue weighted by atomic mass is 79.9. The first-order chi connectivity index (χ1) is 7.61. The molecule has 0 fully saturated rings. The fourth-order valence-corrected chi connectivity index (χ4v) is 1.70. The lowest BCUT2D eigenvalue weighted by Gasteiger charge is -2.02. The van der Waals surface area contributed by atoms with Gasteiger partial charge in [0.2, 0.25) is 0 Å². The van der Waals surface area contributed by atoms with Crippen LogP contribution in [0.4, 0.5) is 4.39 Å². The molecular weight excluding hydrogens is 277 g/mol. The van der Waals surface area contributed by atoms with E-state index in [-0.39, 0.29) is 5.69 Å². The third-order valence-electron chi connectivity index (χ3n) is 2.13. The van der Waals surface area contributed by atoms with Crippen LogP contribution in [0.3, 0.4) is 0 Å². The van der Waals surface area contributed by atoms with E-state index >= 15 is 0 Å². The van der Waals surface area contributed by atoms with Crippen molar-refractivity contribution in [3.63, 3.8) is 0 Å². The van der Waals surface area contributed by atoms with Crippen LogP contribution in [-0.4, -0.2) is 18.1 Å². The summed E-state index contributed by atoms with van der Waals surface area (Å²) in [5.74, 6) is -0.952. The minimum Gasteiger partial charge on any atom is -0.464 e. The van der Waals surface area contributed by atoms with Gasteiger partial charge in [-0.05, 0) is 28.1 Å². The van der Waals surface area contributed by atoms with Gasteiger partial charge >= 0.3 is 5.97 Å². The molecule has 0 atom stereocenters. The van der Waals surface area contributed by atoms with E-state index in [4.69, 9.17) is 0 Å². The van der Waals surface area contributed by atoms with Gasteiger partial charge in [-0.2, -0.15) is 0 Å². The zero-order chi connectivity index (χ0) is 11.7. The molecule has 0 aliphatic heterocycles. The maximum Gasteiger partial charge on any atom is 0.356 e. The number of hydrogen-bond donors (Lipinski definition) is 0. The molecule has 0 saturated heterocycles. The van der Waals surface area contributed by atoms with E-state index in [2.05, 4.69) is 25.7 Å². The summed E-state index contributed by atoms with van der Waals surface area (Å²) in [5, 5.41) is 0.751. The smallest absolute Gasteiger partial charge is 0.356 e. The number of carbonyl (C=O) groups excluding carboxylic acids is 1. The third-order valence-corrected chi connectivity index (χ3v) is 2.73. The summed E-state index contributed by atoms with van der Waals surface area (Å²) in [5.41, 5.74) is 0.584. The Morgan fingerprint density at radius 3 is 2.88 bits per heavy atom. The standard InChI is InChI=1S/C11H7BrFNO2/c1-16-11(15)9-3-2-6-4-7(12)8(13)5-10(6)14-9/h2-5H,1H3. The summed E-state index contributed by atoms with van der Waals surface area (Å²) in [6.45, 7) is 0. The average molecular weight is 284 g/mol. The van der Waals surface area contributed by atoms with Crippen LogP contribution in [-0.2, 0) is 4.74 Å².